The van der Waals surface area contributed by atoms with Crippen molar-refractivity contribution in [3.05, 3.63) is 230 Å². The zero-order valence-electron chi connectivity index (χ0n) is 34.2. The highest BCUT2D eigenvalue weighted by Gasteiger charge is 2.37. The van der Waals surface area contributed by atoms with Gasteiger partial charge >= 0.3 is 0 Å². The SMILES string of the molecule is CC1(C)c2cc3ccccc3cc2-c2c(-c3ccccc3-c3ccccc3-c3nc(-c4ccccc4-c4ccccc4)cc(-c4ccccc4-c4ccccc4)n3)cccc21. The number of fused-ring (bicyclic) bond motifs is 4. The van der Waals surface area contributed by atoms with E-state index in [0.29, 0.717) is 5.82 Å². The molecule has 288 valence electrons. The molecule has 2 heteroatoms. The van der Waals surface area contributed by atoms with Crippen LogP contribution in [0.15, 0.2) is 218 Å². The van der Waals surface area contributed by atoms with Crippen LogP contribution in [0.2, 0.25) is 0 Å². The maximum absolute atomic E-state index is 5.50. The lowest BCUT2D eigenvalue weighted by Gasteiger charge is -2.22. The number of benzene rings is 9. The summed E-state index contributed by atoms with van der Waals surface area (Å²) in [5.41, 5.74) is 19.2. The molecule has 0 bridgehead atoms. The van der Waals surface area contributed by atoms with E-state index in [-0.39, 0.29) is 5.41 Å². The van der Waals surface area contributed by atoms with Crippen LogP contribution in [-0.2, 0) is 5.41 Å². The van der Waals surface area contributed by atoms with E-state index < -0.39 is 0 Å². The third-order valence-electron chi connectivity index (χ3n) is 12.5. The Morgan fingerprint density at radius 3 is 1.26 bits per heavy atom. The predicted octanol–water partition coefficient (Wildman–Crippen LogP) is 15.6. The molecule has 10 aromatic rings. The summed E-state index contributed by atoms with van der Waals surface area (Å²) in [4.78, 5) is 11.0. The van der Waals surface area contributed by atoms with E-state index >= 15 is 0 Å². The normalized spacial score (nSPS) is 12.6. The molecule has 11 rings (SSSR count). The number of aromatic nitrogens is 2. The lowest BCUT2D eigenvalue weighted by atomic mass is 9.81. The molecule has 0 spiro atoms. The van der Waals surface area contributed by atoms with Crippen molar-refractivity contribution in [2.45, 2.75) is 19.3 Å². The molecule has 0 amide bonds. The standard InChI is InChI=1S/C59H42N2/c1-59(2)53-35-19-34-50(57(53)52-36-41-24-9-10-25-42(41)37-54(52)59)46-29-14-13-28-45(46)47-30-15-18-33-51(47)58-60-55(48-31-16-11-26-43(48)39-20-5-3-6-21-39)38-56(61-58)49-32-17-12-27-44(49)40-22-7-4-8-23-40/h3-38H,1-2H3. The summed E-state index contributed by atoms with van der Waals surface area (Å²) in [6.45, 7) is 4.73. The fourth-order valence-electron chi connectivity index (χ4n) is 9.56. The van der Waals surface area contributed by atoms with E-state index in [1.165, 1.54) is 44.2 Å². The molecule has 1 aromatic heterocycles. The van der Waals surface area contributed by atoms with Gasteiger partial charge in [-0.05, 0) is 95.7 Å². The topological polar surface area (TPSA) is 25.8 Å². The van der Waals surface area contributed by atoms with Gasteiger partial charge in [-0.15, -0.1) is 0 Å². The van der Waals surface area contributed by atoms with Crippen molar-refractivity contribution in [1.82, 2.24) is 9.97 Å². The van der Waals surface area contributed by atoms with Gasteiger partial charge in [-0.3, -0.25) is 0 Å². The van der Waals surface area contributed by atoms with Gasteiger partial charge < -0.3 is 0 Å². The first-order chi connectivity index (χ1) is 30.0. The highest BCUT2D eigenvalue weighted by atomic mass is 14.9. The van der Waals surface area contributed by atoms with Gasteiger partial charge in [-0.2, -0.15) is 0 Å². The van der Waals surface area contributed by atoms with Gasteiger partial charge in [0.05, 0.1) is 11.4 Å². The highest BCUT2D eigenvalue weighted by molar-refractivity contribution is 6.02. The number of hydrogen-bond donors (Lipinski definition) is 0. The summed E-state index contributed by atoms with van der Waals surface area (Å²) in [5.74, 6) is 0.680. The highest BCUT2D eigenvalue weighted by Crippen LogP contribution is 2.54. The Labute approximate surface area is 357 Å². The van der Waals surface area contributed by atoms with E-state index in [1.807, 2.05) is 0 Å². The van der Waals surface area contributed by atoms with Crippen molar-refractivity contribution in [2.75, 3.05) is 0 Å². The Kier molecular flexibility index (Phi) is 8.86. The average molecular weight is 779 g/mol. The van der Waals surface area contributed by atoms with Gasteiger partial charge in [0.2, 0.25) is 0 Å². The average Bonchev–Trinajstić information content (AvgIpc) is 3.56. The minimum absolute atomic E-state index is 0.145. The molecule has 0 atom stereocenters. The van der Waals surface area contributed by atoms with Crippen LogP contribution in [0.3, 0.4) is 0 Å². The van der Waals surface area contributed by atoms with Crippen molar-refractivity contribution >= 4 is 10.8 Å². The van der Waals surface area contributed by atoms with Gasteiger partial charge in [-0.1, -0.05) is 214 Å². The Balaban J connectivity index is 1.13. The molecule has 0 aliphatic heterocycles. The van der Waals surface area contributed by atoms with Crippen LogP contribution < -0.4 is 0 Å². The zero-order valence-corrected chi connectivity index (χ0v) is 34.2. The molecule has 0 saturated heterocycles. The second-order valence-electron chi connectivity index (χ2n) is 16.5. The summed E-state index contributed by atoms with van der Waals surface area (Å²) in [5, 5.41) is 2.53. The molecule has 2 nitrogen and oxygen atoms in total. The first-order valence-electron chi connectivity index (χ1n) is 21.1. The third-order valence-corrected chi connectivity index (χ3v) is 12.5. The number of rotatable bonds is 7. The number of hydrogen-bond acceptors (Lipinski definition) is 2. The van der Waals surface area contributed by atoms with Gasteiger partial charge in [0.25, 0.3) is 0 Å². The predicted molar refractivity (Wildman–Crippen MR) is 255 cm³/mol. The van der Waals surface area contributed by atoms with Crippen molar-refractivity contribution in [3.63, 3.8) is 0 Å². The summed E-state index contributed by atoms with van der Waals surface area (Å²) in [6, 6.07) is 78.4. The Bertz CT molecular complexity index is 3170. The van der Waals surface area contributed by atoms with Crippen LogP contribution in [-0.4, -0.2) is 9.97 Å². The first kappa shape index (κ1) is 36.4. The molecule has 1 heterocycles. The van der Waals surface area contributed by atoms with Crippen LogP contribution in [0.5, 0.6) is 0 Å². The molecule has 0 radical (unpaired) electrons. The smallest absolute Gasteiger partial charge is 0.161 e. The van der Waals surface area contributed by atoms with Crippen molar-refractivity contribution in [1.29, 1.82) is 0 Å². The van der Waals surface area contributed by atoms with E-state index in [0.717, 1.165) is 61.5 Å². The van der Waals surface area contributed by atoms with Gasteiger partial charge in [-0.25, -0.2) is 9.97 Å². The van der Waals surface area contributed by atoms with E-state index in [4.69, 9.17) is 9.97 Å². The molecular weight excluding hydrogens is 737 g/mol. The largest absolute Gasteiger partial charge is 0.228 e. The third kappa shape index (κ3) is 6.27. The fraction of sp³-hybridized carbons (Fsp3) is 0.0508. The number of nitrogens with zero attached hydrogens (tertiary/aromatic N) is 2. The molecule has 0 saturated carbocycles. The van der Waals surface area contributed by atoms with Crippen LogP contribution in [0, 0.1) is 0 Å². The van der Waals surface area contributed by atoms with Crippen LogP contribution >= 0.6 is 0 Å². The van der Waals surface area contributed by atoms with Crippen LogP contribution in [0.1, 0.15) is 25.0 Å². The molecular formula is C59H42N2. The minimum Gasteiger partial charge on any atom is -0.228 e. The van der Waals surface area contributed by atoms with Crippen molar-refractivity contribution < 1.29 is 0 Å². The molecule has 1 aliphatic carbocycles. The summed E-state index contributed by atoms with van der Waals surface area (Å²) >= 11 is 0. The molecule has 9 aromatic carbocycles. The first-order valence-corrected chi connectivity index (χ1v) is 21.1. The Morgan fingerprint density at radius 2 is 0.705 bits per heavy atom. The fourth-order valence-corrected chi connectivity index (χ4v) is 9.56. The monoisotopic (exact) mass is 778 g/mol. The lowest BCUT2D eigenvalue weighted by molar-refractivity contribution is 0.661. The van der Waals surface area contributed by atoms with Gasteiger partial charge in [0.15, 0.2) is 5.82 Å². The minimum atomic E-state index is -0.145. The maximum Gasteiger partial charge on any atom is 0.161 e. The van der Waals surface area contributed by atoms with E-state index in [9.17, 15) is 0 Å². The maximum atomic E-state index is 5.50. The van der Waals surface area contributed by atoms with Crippen LogP contribution in [0.4, 0.5) is 0 Å². The molecule has 61 heavy (non-hydrogen) atoms. The Hall–Kier alpha value is -7.68. The van der Waals surface area contributed by atoms with Gasteiger partial charge in [0.1, 0.15) is 0 Å². The lowest BCUT2D eigenvalue weighted by Crippen LogP contribution is -2.14. The quantitative estimate of drug-likeness (QED) is 0.161. The van der Waals surface area contributed by atoms with Gasteiger partial charge in [0, 0.05) is 22.1 Å². The molecule has 0 N–H and O–H groups in total. The van der Waals surface area contributed by atoms with E-state index in [1.54, 1.807) is 0 Å². The summed E-state index contributed by atoms with van der Waals surface area (Å²) < 4.78 is 0. The summed E-state index contributed by atoms with van der Waals surface area (Å²) in [7, 11) is 0. The Morgan fingerprint density at radius 1 is 0.295 bits per heavy atom. The van der Waals surface area contributed by atoms with Crippen LogP contribution in [0.25, 0.3) is 100 Å². The van der Waals surface area contributed by atoms with Crippen molar-refractivity contribution in [3.8, 4) is 89.5 Å². The van der Waals surface area contributed by atoms with E-state index in [2.05, 4.69) is 232 Å². The zero-order chi connectivity index (χ0) is 40.9. The van der Waals surface area contributed by atoms with Crippen molar-refractivity contribution in [2.24, 2.45) is 0 Å². The second-order valence-corrected chi connectivity index (χ2v) is 16.5. The molecule has 0 unspecified atom stereocenters. The summed E-state index contributed by atoms with van der Waals surface area (Å²) in [6.07, 6.45) is 0. The molecule has 1 aliphatic rings. The molecule has 0 fully saturated rings. The second kappa shape index (κ2) is 14.9.